The highest BCUT2D eigenvalue weighted by molar-refractivity contribution is 5.98. The lowest BCUT2D eigenvalue weighted by atomic mass is 10.0. The third kappa shape index (κ3) is 5.81. The van der Waals surface area contributed by atoms with Gasteiger partial charge in [-0.05, 0) is 36.6 Å². The molecule has 0 bridgehead atoms. The molecule has 0 saturated heterocycles. The second-order valence-corrected chi connectivity index (χ2v) is 7.15. The van der Waals surface area contributed by atoms with Crippen molar-refractivity contribution in [1.29, 1.82) is 0 Å². The van der Waals surface area contributed by atoms with E-state index < -0.39 is 0 Å². The van der Waals surface area contributed by atoms with Crippen molar-refractivity contribution < 1.29 is 14.5 Å². The molecule has 138 valence electrons. The molecule has 2 N–H and O–H groups in total. The van der Waals surface area contributed by atoms with Crippen molar-refractivity contribution >= 4 is 11.7 Å². The molecule has 0 aliphatic carbocycles. The van der Waals surface area contributed by atoms with Crippen LogP contribution in [0, 0.1) is 13.8 Å². The van der Waals surface area contributed by atoms with Crippen LogP contribution in [0.4, 0.5) is 0 Å². The van der Waals surface area contributed by atoms with Gasteiger partial charge in [0.15, 0.2) is 5.78 Å². The Morgan fingerprint density at radius 3 is 2.27 bits per heavy atom. The maximum absolute atomic E-state index is 12.3. The van der Waals surface area contributed by atoms with Crippen LogP contribution < -0.4 is 10.2 Å². The molecule has 0 aliphatic heterocycles. The summed E-state index contributed by atoms with van der Waals surface area (Å²) in [5.74, 6) is -0.0750. The largest absolute Gasteiger partial charge is 0.352 e. The number of aryl methyl sites for hydroxylation is 2. The van der Waals surface area contributed by atoms with Crippen LogP contribution >= 0.6 is 0 Å². The fraction of sp³-hybridized carbons (Fsp3) is 0.364. The van der Waals surface area contributed by atoms with Crippen LogP contribution in [0.15, 0.2) is 42.5 Å². The number of rotatable bonds is 8. The van der Waals surface area contributed by atoms with E-state index in [4.69, 9.17) is 0 Å². The van der Waals surface area contributed by atoms with E-state index >= 15 is 0 Å². The Hall–Kier alpha value is -2.46. The third-order valence-electron chi connectivity index (χ3n) is 4.55. The molecular formula is C22H29N2O2+. The first kappa shape index (κ1) is 19.9. The number of carbonyl (C=O) groups is 2. The standard InChI is InChI=1S/C22H28N2O2/c1-16-9-10-18(13-17(16)2)21(25)11-12-22(26)23-14-19-7-5-6-8-20(19)15-24(3)4/h5-10,13H,11-12,14-15H2,1-4H3,(H,23,26)/p+1. The van der Waals surface area contributed by atoms with Crippen LogP contribution in [0.2, 0.25) is 0 Å². The molecule has 0 spiro atoms. The van der Waals surface area contributed by atoms with Crippen LogP contribution in [0.3, 0.4) is 0 Å². The number of Topliss-reactive ketones (excluding diaryl/α,β-unsaturated/α-hetero) is 1. The van der Waals surface area contributed by atoms with Crippen LogP contribution in [-0.4, -0.2) is 25.8 Å². The lowest BCUT2D eigenvalue weighted by Crippen LogP contribution is -3.04. The Morgan fingerprint density at radius 1 is 0.923 bits per heavy atom. The molecule has 0 saturated carbocycles. The van der Waals surface area contributed by atoms with Gasteiger partial charge in [0.1, 0.15) is 6.54 Å². The van der Waals surface area contributed by atoms with Crippen molar-refractivity contribution in [3.63, 3.8) is 0 Å². The first-order valence-electron chi connectivity index (χ1n) is 9.09. The SMILES string of the molecule is Cc1ccc(C(=O)CCC(=O)NCc2ccccc2C[NH+](C)C)cc1C. The molecular weight excluding hydrogens is 324 g/mol. The van der Waals surface area contributed by atoms with Gasteiger partial charge in [0, 0.05) is 30.5 Å². The summed E-state index contributed by atoms with van der Waals surface area (Å²) in [5, 5.41) is 2.94. The second kappa shape index (κ2) is 9.30. The molecule has 1 amide bonds. The van der Waals surface area contributed by atoms with E-state index in [2.05, 4.69) is 25.5 Å². The molecule has 4 heteroatoms. The molecule has 4 nitrogen and oxygen atoms in total. The van der Waals surface area contributed by atoms with Crippen molar-refractivity contribution in [3.05, 3.63) is 70.3 Å². The molecule has 2 aromatic rings. The van der Waals surface area contributed by atoms with Crippen LogP contribution in [0.5, 0.6) is 0 Å². The molecule has 0 aliphatic rings. The van der Waals surface area contributed by atoms with E-state index in [-0.39, 0.29) is 24.5 Å². The number of hydrogen-bond donors (Lipinski definition) is 2. The number of hydrogen-bond acceptors (Lipinski definition) is 2. The van der Waals surface area contributed by atoms with Crippen LogP contribution in [0.25, 0.3) is 0 Å². The maximum Gasteiger partial charge on any atom is 0.220 e. The highest BCUT2D eigenvalue weighted by atomic mass is 16.2. The zero-order chi connectivity index (χ0) is 19.1. The summed E-state index contributed by atoms with van der Waals surface area (Å²) in [6.45, 7) is 5.43. The third-order valence-corrected chi connectivity index (χ3v) is 4.55. The molecule has 2 rings (SSSR count). The van der Waals surface area contributed by atoms with Gasteiger partial charge in [-0.25, -0.2) is 0 Å². The van der Waals surface area contributed by atoms with Crippen LogP contribution in [-0.2, 0) is 17.9 Å². The van der Waals surface area contributed by atoms with Crippen molar-refractivity contribution in [2.24, 2.45) is 0 Å². The van der Waals surface area contributed by atoms with Gasteiger partial charge >= 0.3 is 0 Å². The Morgan fingerprint density at radius 2 is 1.62 bits per heavy atom. The van der Waals surface area contributed by atoms with Crippen molar-refractivity contribution in [3.8, 4) is 0 Å². The summed E-state index contributed by atoms with van der Waals surface area (Å²) >= 11 is 0. The predicted molar refractivity (Wildman–Crippen MR) is 104 cm³/mol. The van der Waals surface area contributed by atoms with Gasteiger partial charge in [0.25, 0.3) is 0 Å². The summed E-state index contributed by atoms with van der Waals surface area (Å²) in [4.78, 5) is 25.8. The molecule has 26 heavy (non-hydrogen) atoms. The van der Waals surface area contributed by atoms with Gasteiger partial charge < -0.3 is 10.2 Å². The summed E-state index contributed by atoms with van der Waals surface area (Å²) in [5.41, 5.74) is 5.30. The number of carbonyl (C=O) groups excluding carboxylic acids is 2. The molecule has 0 unspecified atom stereocenters. The highest BCUT2D eigenvalue weighted by Crippen LogP contribution is 2.13. The monoisotopic (exact) mass is 353 g/mol. The number of benzene rings is 2. The average Bonchev–Trinajstić information content (AvgIpc) is 2.60. The molecule has 0 atom stereocenters. The summed E-state index contributed by atoms with van der Waals surface area (Å²) in [7, 11) is 4.21. The smallest absolute Gasteiger partial charge is 0.220 e. The van der Waals surface area contributed by atoms with E-state index in [1.54, 1.807) is 0 Å². The maximum atomic E-state index is 12.3. The van der Waals surface area contributed by atoms with E-state index in [1.807, 2.05) is 50.2 Å². The Balaban J connectivity index is 1.86. The van der Waals surface area contributed by atoms with Gasteiger partial charge in [-0.1, -0.05) is 36.4 Å². The van der Waals surface area contributed by atoms with Gasteiger partial charge in [-0.2, -0.15) is 0 Å². The fourth-order valence-electron chi connectivity index (χ4n) is 2.85. The van der Waals surface area contributed by atoms with E-state index in [1.165, 1.54) is 10.5 Å². The van der Waals surface area contributed by atoms with Crippen molar-refractivity contribution in [2.75, 3.05) is 14.1 Å². The Kier molecular flexibility index (Phi) is 7.10. The molecule has 0 heterocycles. The number of ketones is 1. The molecule has 0 aromatic heterocycles. The summed E-state index contributed by atoms with van der Waals surface area (Å²) in [6.07, 6.45) is 0.449. The van der Waals surface area contributed by atoms with Crippen molar-refractivity contribution in [2.45, 2.75) is 39.8 Å². The number of nitrogens with one attached hydrogen (secondary N) is 2. The number of amides is 1. The Labute approximate surface area is 156 Å². The minimum absolute atomic E-state index is 0.0138. The van der Waals surface area contributed by atoms with E-state index in [9.17, 15) is 9.59 Å². The number of quaternary nitrogens is 1. The normalized spacial score (nSPS) is 10.8. The minimum atomic E-state index is -0.0887. The molecule has 2 aromatic carbocycles. The predicted octanol–water partition coefficient (Wildman–Crippen LogP) is 2.23. The highest BCUT2D eigenvalue weighted by Gasteiger charge is 2.11. The summed E-state index contributed by atoms with van der Waals surface area (Å²) < 4.78 is 0. The quantitative estimate of drug-likeness (QED) is 0.715. The Bertz CT molecular complexity index is 781. The van der Waals surface area contributed by atoms with Crippen molar-refractivity contribution in [1.82, 2.24) is 5.32 Å². The first-order valence-corrected chi connectivity index (χ1v) is 9.09. The molecule has 0 radical (unpaired) electrons. The minimum Gasteiger partial charge on any atom is -0.352 e. The lowest BCUT2D eigenvalue weighted by molar-refractivity contribution is -0.872. The topological polar surface area (TPSA) is 50.6 Å². The van der Waals surface area contributed by atoms with Gasteiger partial charge in [-0.15, -0.1) is 0 Å². The van der Waals surface area contributed by atoms with Gasteiger partial charge in [-0.3, -0.25) is 9.59 Å². The van der Waals surface area contributed by atoms with Crippen LogP contribution in [0.1, 0.15) is 45.5 Å². The zero-order valence-corrected chi connectivity index (χ0v) is 16.2. The summed E-state index contributed by atoms with van der Waals surface area (Å²) in [6, 6.07) is 13.8. The lowest BCUT2D eigenvalue weighted by Gasteiger charge is -2.13. The van der Waals surface area contributed by atoms with Gasteiger partial charge in [0.05, 0.1) is 14.1 Å². The average molecular weight is 353 g/mol. The van der Waals surface area contributed by atoms with E-state index in [0.717, 1.165) is 23.2 Å². The zero-order valence-electron chi connectivity index (χ0n) is 16.2. The van der Waals surface area contributed by atoms with Gasteiger partial charge in [0.2, 0.25) is 5.91 Å². The molecule has 0 fully saturated rings. The first-order chi connectivity index (χ1) is 12.4. The fourth-order valence-corrected chi connectivity index (χ4v) is 2.85. The second-order valence-electron chi connectivity index (χ2n) is 7.15. The van der Waals surface area contributed by atoms with E-state index in [0.29, 0.717) is 12.1 Å².